The van der Waals surface area contributed by atoms with Crippen molar-refractivity contribution < 1.29 is 0 Å². The van der Waals surface area contributed by atoms with Crippen LogP contribution in [0.25, 0.3) is 38.5 Å². The predicted molar refractivity (Wildman–Crippen MR) is 150 cm³/mol. The van der Waals surface area contributed by atoms with Gasteiger partial charge in [0.2, 0.25) is 0 Å². The van der Waals surface area contributed by atoms with Crippen LogP contribution in [0, 0.1) is 0 Å². The van der Waals surface area contributed by atoms with E-state index in [4.69, 9.17) is 17.6 Å². The number of benzene rings is 3. The minimum Gasteiger partial charge on any atom is -0.294 e. The van der Waals surface area contributed by atoms with Crippen LogP contribution in [0.1, 0.15) is 26.3 Å². The van der Waals surface area contributed by atoms with Gasteiger partial charge in [0, 0.05) is 32.1 Å². The van der Waals surface area contributed by atoms with Gasteiger partial charge in [0.25, 0.3) is 0 Å². The molecule has 0 saturated carbocycles. The number of pyridine rings is 2. The van der Waals surface area contributed by atoms with Crippen LogP contribution in [0.4, 0.5) is 0 Å². The zero-order valence-electron chi connectivity index (χ0n) is 19.9. The Morgan fingerprint density at radius 3 is 2.34 bits per heavy atom. The SMILES string of the molecule is CC(C)(C)c1cc(Sc2ccc3c4ccccc4n(-c4ccccn4)c3c2)nc2c(S)cccc12. The Kier molecular flexibility index (Phi) is 5.35. The lowest BCUT2D eigenvalue weighted by Crippen LogP contribution is -2.12. The summed E-state index contributed by atoms with van der Waals surface area (Å²) in [6.07, 6.45) is 1.84. The first-order chi connectivity index (χ1) is 16.9. The number of hydrogen-bond acceptors (Lipinski definition) is 4. The van der Waals surface area contributed by atoms with Crippen LogP contribution < -0.4 is 0 Å². The molecule has 6 aromatic rings. The molecule has 35 heavy (non-hydrogen) atoms. The molecule has 0 aliphatic heterocycles. The molecule has 3 nitrogen and oxygen atoms in total. The van der Waals surface area contributed by atoms with E-state index in [-0.39, 0.29) is 5.41 Å². The maximum atomic E-state index is 5.02. The molecule has 0 unspecified atom stereocenters. The molecule has 0 amide bonds. The average Bonchev–Trinajstić information content (AvgIpc) is 3.18. The molecule has 5 heteroatoms. The van der Waals surface area contributed by atoms with E-state index in [9.17, 15) is 0 Å². The number of thiol groups is 1. The topological polar surface area (TPSA) is 30.7 Å². The highest BCUT2D eigenvalue weighted by atomic mass is 32.2. The summed E-state index contributed by atoms with van der Waals surface area (Å²) < 4.78 is 2.24. The van der Waals surface area contributed by atoms with E-state index in [1.165, 1.54) is 21.7 Å². The van der Waals surface area contributed by atoms with Gasteiger partial charge in [-0.1, -0.05) is 75.0 Å². The minimum atomic E-state index is -0.00652. The van der Waals surface area contributed by atoms with Crippen LogP contribution >= 0.6 is 24.4 Å². The molecule has 0 N–H and O–H groups in total. The van der Waals surface area contributed by atoms with Gasteiger partial charge in [-0.3, -0.25) is 4.57 Å². The molecule has 0 aliphatic carbocycles. The molecular formula is C30H25N3S2. The summed E-state index contributed by atoms with van der Waals surface area (Å²) in [6, 6.07) is 29.7. The van der Waals surface area contributed by atoms with Crippen molar-refractivity contribution in [2.75, 3.05) is 0 Å². The number of para-hydroxylation sites is 2. The molecule has 6 rings (SSSR count). The van der Waals surface area contributed by atoms with Gasteiger partial charge in [-0.05, 0) is 53.4 Å². The molecule has 0 saturated heterocycles. The fourth-order valence-corrected chi connectivity index (χ4v) is 5.87. The Bertz CT molecular complexity index is 1710. The van der Waals surface area contributed by atoms with Crippen molar-refractivity contribution in [3.05, 3.63) is 96.7 Å². The third kappa shape index (κ3) is 3.89. The highest BCUT2D eigenvalue weighted by molar-refractivity contribution is 7.99. The maximum Gasteiger partial charge on any atom is 0.137 e. The number of fused-ring (bicyclic) bond motifs is 4. The number of nitrogens with zero attached hydrogens (tertiary/aromatic N) is 3. The van der Waals surface area contributed by atoms with E-state index in [0.717, 1.165) is 37.2 Å². The van der Waals surface area contributed by atoms with Crippen molar-refractivity contribution in [3.8, 4) is 5.82 Å². The molecule has 172 valence electrons. The molecule has 0 aliphatic rings. The van der Waals surface area contributed by atoms with Gasteiger partial charge in [-0.25, -0.2) is 9.97 Å². The standard InChI is InChI=1S/C30H25N3S2/c1-30(2,3)23-18-28(32-29-22(23)10-8-12-26(29)34)35-19-14-15-21-20-9-4-5-11-24(20)33(25(21)17-19)27-13-6-7-16-31-27/h4-18,34H,1-3H3. The van der Waals surface area contributed by atoms with Gasteiger partial charge in [0.05, 0.1) is 16.6 Å². The molecule has 0 fully saturated rings. The quantitative estimate of drug-likeness (QED) is 0.252. The van der Waals surface area contributed by atoms with Crippen LogP contribution in [0.2, 0.25) is 0 Å². The molecule has 0 atom stereocenters. The fraction of sp³-hybridized carbons (Fsp3) is 0.133. The van der Waals surface area contributed by atoms with E-state index < -0.39 is 0 Å². The lowest BCUT2D eigenvalue weighted by atomic mass is 9.85. The van der Waals surface area contributed by atoms with Crippen LogP contribution in [-0.4, -0.2) is 14.5 Å². The van der Waals surface area contributed by atoms with Crippen molar-refractivity contribution in [3.63, 3.8) is 0 Å². The average molecular weight is 492 g/mol. The Morgan fingerprint density at radius 2 is 1.54 bits per heavy atom. The largest absolute Gasteiger partial charge is 0.294 e. The van der Waals surface area contributed by atoms with Crippen molar-refractivity contribution in [2.24, 2.45) is 0 Å². The third-order valence-corrected chi connectivity index (χ3v) is 7.62. The second-order valence-corrected chi connectivity index (χ2v) is 11.3. The molecule has 3 aromatic heterocycles. The van der Waals surface area contributed by atoms with Crippen LogP contribution in [0.5, 0.6) is 0 Å². The van der Waals surface area contributed by atoms with Crippen molar-refractivity contribution in [2.45, 2.75) is 41.0 Å². The summed E-state index contributed by atoms with van der Waals surface area (Å²) in [5.41, 5.74) is 4.52. The van der Waals surface area contributed by atoms with Crippen molar-refractivity contribution in [1.82, 2.24) is 14.5 Å². The fourth-order valence-electron chi connectivity index (χ4n) is 4.75. The first-order valence-electron chi connectivity index (χ1n) is 11.7. The Labute approximate surface area is 214 Å². The number of aromatic nitrogens is 3. The van der Waals surface area contributed by atoms with Gasteiger partial charge in [0.15, 0.2) is 0 Å². The minimum absolute atomic E-state index is 0.00652. The first-order valence-corrected chi connectivity index (χ1v) is 12.9. The van der Waals surface area contributed by atoms with Gasteiger partial charge in [-0.15, -0.1) is 12.6 Å². The highest BCUT2D eigenvalue weighted by Crippen LogP contribution is 2.39. The Hall–Kier alpha value is -3.28. The monoisotopic (exact) mass is 491 g/mol. The summed E-state index contributed by atoms with van der Waals surface area (Å²) in [5.74, 6) is 0.916. The summed E-state index contributed by atoms with van der Waals surface area (Å²) in [4.78, 5) is 11.7. The molecular weight excluding hydrogens is 466 g/mol. The normalized spacial score (nSPS) is 12.1. The second kappa shape index (κ2) is 8.43. The van der Waals surface area contributed by atoms with Crippen LogP contribution in [0.3, 0.4) is 0 Å². The molecule has 3 aromatic carbocycles. The number of rotatable bonds is 3. The van der Waals surface area contributed by atoms with Gasteiger partial charge in [-0.2, -0.15) is 0 Å². The zero-order chi connectivity index (χ0) is 24.2. The number of hydrogen-bond donors (Lipinski definition) is 1. The lowest BCUT2D eigenvalue weighted by molar-refractivity contribution is 0.593. The van der Waals surface area contributed by atoms with Crippen LogP contribution in [0.15, 0.2) is 106 Å². The van der Waals surface area contributed by atoms with E-state index in [1.54, 1.807) is 11.8 Å². The van der Waals surface area contributed by atoms with Crippen molar-refractivity contribution >= 4 is 57.1 Å². The molecule has 0 spiro atoms. The van der Waals surface area contributed by atoms with E-state index >= 15 is 0 Å². The summed E-state index contributed by atoms with van der Waals surface area (Å²) >= 11 is 6.41. The van der Waals surface area contributed by atoms with E-state index in [0.29, 0.717) is 0 Å². The Balaban J connectivity index is 1.53. The summed E-state index contributed by atoms with van der Waals surface area (Å²) in [5, 5.41) is 4.59. The maximum absolute atomic E-state index is 5.02. The van der Waals surface area contributed by atoms with E-state index in [2.05, 4.69) is 97.1 Å². The van der Waals surface area contributed by atoms with Gasteiger partial charge < -0.3 is 0 Å². The van der Waals surface area contributed by atoms with E-state index in [1.807, 2.05) is 24.4 Å². The summed E-state index contributed by atoms with van der Waals surface area (Å²) in [7, 11) is 0. The smallest absolute Gasteiger partial charge is 0.137 e. The zero-order valence-corrected chi connectivity index (χ0v) is 21.6. The Morgan fingerprint density at radius 1 is 0.771 bits per heavy atom. The molecule has 0 bridgehead atoms. The second-order valence-electron chi connectivity index (χ2n) is 9.75. The van der Waals surface area contributed by atoms with Crippen LogP contribution in [-0.2, 0) is 5.41 Å². The lowest BCUT2D eigenvalue weighted by Gasteiger charge is -2.22. The molecule has 0 radical (unpaired) electrons. The summed E-state index contributed by atoms with van der Waals surface area (Å²) in [6.45, 7) is 6.75. The van der Waals surface area contributed by atoms with Crippen molar-refractivity contribution in [1.29, 1.82) is 0 Å². The van der Waals surface area contributed by atoms with Gasteiger partial charge >= 0.3 is 0 Å². The highest BCUT2D eigenvalue weighted by Gasteiger charge is 2.20. The predicted octanol–water partition coefficient (Wildman–Crippen LogP) is 8.46. The third-order valence-electron chi connectivity index (χ3n) is 6.35. The first kappa shape index (κ1) is 22.2. The molecule has 3 heterocycles. The van der Waals surface area contributed by atoms with Gasteiger partial charge in [0.1, 0.15) is 10.8 Å².